The molecule has 0 N–H and O–H groups in total. The van der Waals surface area contributed by atoms with Crippen molar-refractivity contribution in [2.45, 2.75) is 52.2 Å². The Kier molecular flexibility index (Phi) is 5.28. The Bertz CT molecular complexity index is 1150. The molecule has 1 aliphatic rings. The van der Waals surface area contributed by atoms with Gasteiger partial charge in [-0.3, -0.25) is 0 Å². The quantitative estimate of drug-likeness (QED) is 0.412. The van der Waals surface area contributed by atoms with Gasteiger partial charge in [-0.15, -0.1) is 0 Å². The second-order valence-electron chi connectivity index (χ2n) is 8.26. The SMILES string of the molecule is Cc1ccc(Cn2cc(-c3nc(-c4ccc(OC5CCCC5)cc4)no3)nc2C)cc1. The average Bonchev–Trinajstić information content (AvgIpc) is 3.53. The van der Waals surface area contributed by atoms with Crippen molar-refractivity contribution in [1.82, 2.24) is 19.7 Å². The fourth-order valence-corrected chi connectivity index (χ4v) is 3.99. The van der Waals surface area contributed by atoms with E-state index in [2.05, 4.69) is 50.9 Å². The highest BCUT2D eigenvalue weighted by Gasteiger charge is 2.17. The van der Waals surface area contributed by atoms with Crippen molar-refractivity contribution < 1.29 is 9.26 Å². The van der Waals surface area contributed by atoms with E-state index in [1.54, 1.807) is 0 Å². The number of hydrogen-bond acceptors (Lipinski definition) is 5. The van der Waals surface area contributed by atoms with Crippen LogP contribution in [0.5, 0.6) is 5.75 Å². The number of imidazole rings is 1. The van der Waals surface area contributed by atoms with Crippen molar-refractivity contribution in [1.29, 1.82) is 0 Å². The number of aromatic nitrogens is 4. The summed E-state index contributed by atoms with van der Waals surface area (Å²) in [4.78, 5) is 9.18. The van der Waals surface area contributed by atoms with E-state index in [0.717, 1.165) is 36.5 Å². The van der Waals surface area contributed by atoms with Gasteiger partial charge < -0.3 is 13.8 Å². The molecule has 0 aliphatic heterocycles. The Balaban J connectivity index is 1.30. The molecule has 2 heterocycles. The Morgan fingerprint density at radius 3 is 2.45 bits per heavy atom. The lowest BCUT2D eigenvalue weighted by atomic mass is 10.1. The van der Waals surface area contributed by atoms with Gasteiger partial charge in [-0.05, 0) is 69.4 Å². The van der Waals surface area contributed by atoms with Gasteiger partial charge in [0.05, 0.1) is 6.10 Å². The zero-order valence-electron chi connectivity index (χ0n) is 17.9. The maximum absolute atomic E-state index is 6.03. The fraction of sp³-hybridized carbons (Fsp3) is 0.320. The normalized spacial score (nSPS) is 14.3. The lowest BCUT2D eigenvalue weighted by molar-refractivity contribution is 0.210. The van der Waals surface area contributed by atoms with Crippen molar-refractivity contribution in [3.8, 4) is 28.7 Å². The molecule has 6 heteroatoms. The second-order valence-corrected chi connectivity index (χ2v) is 8.26. The number of hydrogen-bond donors (Lipinski definition) is 0. The molecule has 5 rings (SSSR count). The summed E-state index contributed by atoms with van der Waals surface area (Å²) in [5.41, 5.74) is 4.06. The summed E-state index contributed by atoms with van der Waals surface area (Å²) in [5, 5.41) is 4.15. The first-order valence-electron chi connectivity index (χ1n) is 10.8. The summed E-state index contributed by atoms with van der Waals surface area (Å²) < 4.78 is 13.6. The van der Waals surface area contributed by atoms with Crippen LogP contribution in [-0.2, 0) is 6.54 Å². The molecule has 2 aromatic heterocycles. The largest absolute Gasteiger partial charge is 0.490 e. The Morgan fingerprint density at radius 2 is 1.71 bits per heavy atom. The molecular formula is C25H26N4O2. The van der Waals surface area contributed by atoms with Gasteiger partial charge >= 0.3 is 0 Å². The molecule has 158 valence electrons. The molecule has 0 bridgehead atoms. The van der Waals surface area contributed by atoms with Crippen LogP contribution >= 0.6 is 0 Å². The first kappa shape index (κ1) is 19.5. The Hall–Kier alpha value is -3.41. The Morgan fingerprint density at radius 1 is 0.968 bits per heavy atom. The minimum Gasteiger partial charge on any atom is -0.490 e. The van der Waals surface area contributed by atoms with Gasteiger partial charge in [-0.2, -0.15) is 4.98 Å². The molecule has 31 heavy (non-hydrogen) atoms. The molecule has 0 spiro atoms. The van der Waals surface area contributed by atoms with Crippen LogP contribution in [0.15, 0.2) is 59.3 Å². The summed E-state index contributed by atoms with van der Waals surface area (Å²) in [5.74, 6) is 2.77. The predicted octanol–water partition coefficient (Wildman–Crippen LogP) is 5.59. The molecule has 0 saturated heterocycles. The highest BCUT2D eigenvalue weighted by Crippen LogP contribution is 2.27. The van der Waals surface area contributed by atoms with E-state index in [0.29, 0.717) is 23.5 Å². The standard InChI is InChI=1S/C25H26N4O2/c1-17-7-9-19(10-8-17)15-29-16-23(26-18(29)2)25-27-24(28-31-25)20-11-13-22(14-12-20)30-21-5-3-4-6-21/h7-14,16,21H,3-6,15H2,1-2H3. The van der Waals surface area contributed by atoms with Crippen LogP contribution in [0, 0.1) is 13.8 Å². The zero-order valence-corrected chi connectivity index (χ0v) is 17.9. The summed E-state index contributed by atoms with van der Waals surface area (Å²) in [6.45, 7) is 4.83. The van der Waals surface area contributed by atoms with E-state index in [4.69, 9.17) is 9.26 Å². The van der Waals surface area contributed by atoms with Crippen molar-refractivity contribution in [2.75, 3.05) is 0 Å². The van der Waals surface area contributed by atoms with Crippen molar-refractivity contribution in [3.63, 3.8) is 0 Å². The third kappa shape index (κ3) is 4.38. The number of nitrogens with zero attached hydrogens (tertiary/aromatic N) is 4. The number of aryl methyl sites for hydroxylation is 2. The van der Waals surface area contributed by atoms with Gasteiger partial charge in [0.2, 0.25) is 5.82 Å². The minimum absolute atomic E-state index is 0.348. The monoisotopic (exact) mass is 414 g/mol. The summed E-state index contributed by atoms with van der Waals surface area (Å²) >= 11 is 0. The summed E-state index contributed by atoms with van der Waals surface area (Å²) in [7, 11) is 0. The van der Waals surface area contributed by atoms with E-state index in [1.165, 1.54) is 24.0 Å². The van der Waals surface area contributed by atoms with Crippen LogP contribution in [0.2, 0.25) is 0 Å². The highest BCUT2D eigenvalue weighted by molar-refractivity contribution is 5.58. The van der Waals surface area contributed by atoms with Crippen molar-refractivity contribution >= 4 is 0 Å². The van der Waals surface area contributed by atoms with Crippen molar-refractivity contribution in [3.05, 3.63) is 71.7 Å². The van der Waals surface area contributed by atoms with Crippen LogP contribution in [-0.4, -0.2) is 25.8 Å². The average molecular weight is 415 g/mol. The lowest BCUT2D eigenvalue weighted by Crippen LogP contribution is -2.10. The summed E-state index contributed by atoms with van der Waals surface area (Å²) in [6, 6.07) is 16.4. The molecule has 0 amide bonds. The molecule has 1 fully saturated rings. The summed E-state index contributed by atoms with van der Waals surface area (Å²) in [6.07, 6.45) is 7.12. The smallest absolute Gasteiger partial charge is 0.278 e. The molecule has 6 nitrogen and oxygen atoms in total. The fourth-order valence-electron chi connectivity index (χ4n) is 3.99. The third-order valence-corrected chi connectivity index (χ3v) is 5.81. The van der Waals surface area contributed by atoms with Gasteiger partial charge in [-0.25, -0.2) is 4.98 Å². The molecule has 0 radical (unpaired) electrons. The van der Waals surface area contributed by atoms with E-state index in [-0.39, 0.29) is 0 Å². The first-order chi connectivity index (χ1) is 15.1. The number of benzene rings is 2. The van der Waals surface area contributed by atoms with E-state index in [1.807, 2.05) is 37.4 Å². The van der Waals surface area contributed by atoms with E-state index in [9.17, 15) is 0 Å². The van der Waals surface area contributed by atoms with Crippen LogP contribution in [0.4, 0.5) is 0 Å². The molecule has 0 atom stereocenters. The molecule has 1 aliphatic carbocycles. The number of rotatable bonds is 6. The lowest BCUT2D eigenvalue weighted by Gasteiger charge is -2.12. The van der Waals surface area contributed by atoms with Crippen LogP contribution in [0.3, 0.4) is 0 Å². The van der Waals surface area contributed by atoms with Crippen LogP contribution in [0.1, 0.15) is 42.6 Å². The maximum Gasteiger partial charge on any atom is 0.278 e. The van der Waals surface area contributed by atoms with E-state index < -0.39 is 0 Å². The van der Waals surface area contributed by atoms with Crippen molar-refractivity contribution in [2.24, 2.45) is 0 Å². The van der Waals surface area contributed by atoms with Gasteiger partial charge in [0.25, 0.3) is 5.89 Å². The topological polar surface area (TPSA) is 66.0 Å². The van der Waals surface area contributed by atoms with Gasteiger partial charge in [0.15, 0.2) is 0 Å². The molecule has 1 saturated carbocycles. The minimum atomic E-state index is 0.348. The predicted molar refractivity (Wildman–Crippen MR) is 119 cm³/mol. The first-order valence-corrected chi connectivity index (χ1v) is 10.8. The number of ether oxygens (including phenoxy) is 1. The molecule has 2 aromatic carbocycles. The molecular weight excluding hydrogens is 388 g/mol. The van der Waals surface area contributed by atoms with Gasteiger partial charge in [0, 0.05) is 18.3 Å². The van der Waals surface area contributed by atoms with Gasteiger partial charge in [-0.1, -0.05) is 35.0 Å². The highest BCUT2D eigenvalue weighted by atomic mass is 16.5. The second kappa shape index (κ2) is 8.38. The van der Waals surface area contributed by atoms with Crippen LogP contribution in [0.25, 0.3) is 23.0 Å². The van der Waals surface area contributed by atoms with Gasteiger partial charge in [0.1, 0.15) is 17.3 Å². The molecule has 0 unspecified atom stereocenters. The van der Waals surface area contributed by atoms with E-state index >= 15 is 0 Å². The zero-order chi connectivity index (χ0) is 21.2. The molecule has 4 aromatic rings. The third-order valence-electron chi connectivity index (χ3n) is 5.81. The maximum atomic E-state index is 6.03. The van der Waals surface area contributed by atoms with Crippen LogP contribution < -0.4 is 4.74 Å². The Labute approximate surface area is 181 Å².